The third-order valence-electron chi connectivity index (χ3n) is 3.94. The molecule has 0 aromatic carbocycles. The maximum Gasteiger partial charge on any atom is 0.0912 e. The van der Waals surface area contributed by atoms with Gasteiger partial charge in [-0.1, -0.05) is 18.5 Å². The lowest BCUT2D eigenvalue weighted by Crippen LogP contribution is -2.48. The molecule has 1 saturated heterocycles. The number of rotatable bonds is 7. The van der Waals surface area contributed by atoms with Crippen molar-refractivity contribution in [2.24, 2.45) is 0 Å². The predicted octanol–water partition coefficient (Wildman–Crippen LogP) is 1.16. The third-order valence-corrected chi connectivity index (χ3v) is 4.23. The molecule has 2 atom stereocenters. The van der Waals surface area contributed by atoms with Crippen LogP contribution in [0.5, 0.6) is 0 Å². The molecule has 2 rings (SSSR count). The predicted molar refractivity (Wildman–Crippen MR) is 82.8 cm³/mol. The second kappa shape index (κ2) is 8.10. The van der Waals surface area contributed by atoms with Gasteiger partial charge < -0.3 is 14.8 Å². The third kappa shape index (κ3) is 3.96. The van der Waals surface area contributed by atoms with Crippen molar-refractivity contribution in [3.63, 3.8) is 0 Å². The molecule has 0 saturated carbocycles. The molecule has 120 valence electrons. The van der Waals surface area contributed by atoms with Crippen molar-refractivity contribution in [2.45, 2.75) is 25.6 Å². The summed E-state index contributed by atoms with van der Waals surface area (Å²) in [6.07, 6.45) is 1.76. The molecule has 0 bridgehead atoms. The average molecular weight is 317 g/mol. The van der Waals surface area contributed by atoms with Crippen LogP contribution in [0, 0.1) is 0 Å². The topological polar surface area (TPSA) is 51.5 Å². The fraction of sp³-hybridized carbons (Fsp3) is 0.786. The number of hydrogen-bond donors (Lipinski definition) is 1. The summed E-state index contributed by atoms with van der Waals surface area (Å²) in [6.45, 7) is 7.13. The quantitative estimate of drug-likeness (QED) is 0.818. The summed E-state index contributed by atoms with van der Waals surface area (Å²) < 4.78 is 13.0. The van der Waals surface area contributed by atoms with E-state index in [-0.39, 0.29) is 12.1 Å². The zero-order valence-corrected chi connectivity index (χ0v) is 13.8. The van der Waals surface area contributed by atoms with Crippen LogP contribution in [0.2, 0.25) is 5.02 Å². The summed E-state index contributed by atoms with van der Waals surface area (Å²) in [5.74, 6) is 0. The van der Waals surface area contributed by atoms with E-state index in [2.05, 4.69) is 22.2 Å². The van der Waals surface area contributed by atoms with Crippen LogP contribution < -0.4 is 5.32 Å². The van der Waals surface area contributed by atoms with E-state index in [0.717, 1.165) is 31.9 Å². The van der Waals surface area contributed by atoms with Crippen molar-refractivity contribution in [1.29, 1.82) is 0 Å². The van der Waals surface area contributed by atoms with Crippen molar-refractivity contribution in [2.75, 3.05) is 47.0 Å². The van der Waals surface area contributed by atoms with Gasteiger partial charge in [0.25, 0.3) is 0 Å². The minimum Gasteiger partial charge on any atom is -0.383 e. The maximum absolute atomic E-state index is 6.35. The number of likely N-dealkylation sites (N-methyl/N-ethyl adjacent to an activating group) is 2. The lowest BCUT2D eigenvalue weighted by atomic mass is 10.1. The van der Waals surface area contributed by atoms with E-state index in [4.69, 9.17) is 21.1 Å². The SMILES string of the molecule is CCN1CCOC(C(NC)c2c(Cl)cnn2CCOC)C1. The summed E-state index contributed by atoms with van der Waals surface area (Å²) in [5, 5.41) is 8.36. The highest BCUT2D eigenvalue weighted by Crippen LogP contribution is 2.28. The molecule has 0 spiro atoms. The van der Waals surface area contributed by atoms with Crippen LogP contribution in [0.3, 0.4) is 0 Å². The van der Waals surface area contributed by atoms with Crippen molar-refractivity contribution >= 4 is 11.6 Å². The fourth-order valence-corrected chi connectivity index (χ4v) is 3.01. The molecule has 0 aliphatic carbocycles. The number of hydrogen-bond acceptors (Lipinski definition) is 5. The minimum atomic E-state index is 0.0196. The zero-order chi connectivity index (χ0) is 15.2. The van der Waals surface area contributed by atoms with Crippen LogP contribution in [-0.4, -0.2) is 67.8 Å². The summed E-state index contributed by atoms with van der Waals surface area (Å²) in [7, 11) is 3.62. The first-order valence-corrected chi connectivity index (χ1v) is 7.80. The van der Waals surface area contributed by atoms with Crippen molar-refractivity contribution in [3.05, 3.63) is 16.9 Å². The molecule has 2 heterocycles. The Balaban J connectivity index is 2.18. The van der Waals surface area contributed by atoms with Gasteiger partial charge in [0, 0.05) is 20.2 Å². The van der Waals surface area contributed by atoms with Gasteiger partial charge in [-0.05, 0) is 13.6 Å². The van der Waals surface area contributed by atoms with Gasteiger partial charge in [0.05, 0.1) is 48.8 Å². The van der Waals surface area contributed by atoms with Crippen molar-refractivity contribution in [3.8, 4) is 0 Å². The van der Waals surface area contributed by atoms with Gasteiger partial charge in [-0.15, -0.1) is 0 Å². The second-order valence-corrected chi connectivity index (χ2v) is 5.57. The molecule has 7 heteroatoms. The smallest absolute Gasteiger partial charge is 0.0912 e. The molecule has 0 amide bonds. The van der Waals surface area contributed by atoms with Crippen LogP contribution in [0.25, 0.3) is 0 Å². The zero-order valence-electron chi connectivity index (χ0n) is 13.0. The number of ether oxygens (including phenoxy) is 2. The number of aromatic nitrogens is 2. The average Bonchev–Trinajstić information content (AvgIpc) is 2.88. The van der Waals surface area contributed by atoms with Crippen LogP contribution >= 0.6 is 11.6 Å². The molecule has 0 radical (unpaired) electrons. The first kappa shape index (κ1) is 16.7. The Labute approximate surface area is 131 Å². The van der Waals surface area contributed by atoms with Gasteiger partial charge in [-0.25, -0.2) is 0 Å². The van der Waals surface area contributed by atoms with E-state index >= 15 is 0 Å². The van der Waals surface area contributed by atoms with Gasteiger partial charge >= 0.3 is 0 Å². The summed E-state index contributed by atoms with van der Waals surface area (Å²) in [5.41, 5.74) is 0.971. The van der Waals surface area contributed by atoms with E-state index in [0.29, 0.717) is 18.2 Å². The first-order chi connectivity index (χ1) is 10.2. The molecule has 1 aromatic heterocycles. The van der Waals surface area contributed by atoms with Crippen LogP contribution in [0.1, 0.15) is 18.7 Å². The van der Waals surface area contributed by atoms with Crippen molar-refractivity contribution in [1.82, 2.24) is 20.0 Å². The fourth-order valence-electron chi connectivity index (χ4n) is 2.76. The normalized spacial score (nSPS) is 21.6. The first-order valence-electron chi connectivity index (χ1n) is 7.42. The molecular formula is C14H25ClN4O2. The molecule has 2 unspecified atom stereocenters. The monoisotopic (exact) mass is 316 g/mol. The Morgan fingerprint density at radius 1 is 1.62 bits per heavy atom. The molecular weight excluding hydrogens is 292 g/mol. The van der Waals surface area contributed by atoms with E-state index in [9.17, 15) is 0 Å². The number of nitrogens with one attached hydrogen (secondary N) is 1. The van der Waals surface area contributed by atoms with Gasteiger partial charge in [-0.3, -0.25) is 9.58 Å². The molecule has 1 N–H and O–H groups in total. The molecule has 6 nitrogen and oxygen atoms in total. The Hall–Kier alpha value is -0.660. The van der Waals surface area contributed by atoms with E-state index in [1.807, 2.05) is 11.7 Å². The highest BCUT2D eigenvalue weighted by atomic mass is 35.5. The molecule has 1 aliphatic heterocycles. The lowest BCUT2D eigenvalue weighted by Gasteiger charge is -2.36. The van der Waals surface area contributed by atoms with E-state index in [1.54, 1.807) is 13.3 Å². The van der Waals surface area contributed by atoms with Gasteiger partial charge in [0.15, 0.2) is 0 Å². The summed E-state index contributed by atoms with van der Waals surface area (Å²) in [6, 6.07) is 0.0196. The minimum absolute atomic E-state index is 0.0196. The van der Waals surface area contributed by atoms with Crippen molar-refractivity contribution < 1.29 is 9.47 Å². The molecule has 1 aromatic rings. The van der Waals surface area contributed by atoms with Crippen LogP contribution in [0.4, 0.5) is 0 Å². The Bertz CT molecular complexity index is 441. The van der Waals surface area contributed by atoms with Crippen LogP contribution in [0.15, 0.2) is 6.20 Å². The Morgan fingerprint density at radius 3 is 3.10 bits per heavy atom. The highest BCUT2D eigenvalue weighted by Gasteiger charge is 2.31. The number of halogens is 1. The summed E-state index contributed by atoms with van der Waals surface area (Å²) >= 11 is 6.35. The van der Waals surface area contributed by atoms with Gasteiger partial charge in [0.1, 0.15) is 0 Å². The van der Waals surface area contributed by atoms with E-state index < -0.39 is 0 Å². The van der Waals surface area contributed by atoms with Gasteiger partial charge in [0.2, 0.25) is 0 Å². The standard InChI is InChI=1S/C14H25ClN4O2/c1-4-18-5-8-21-12(10-18)13(16-2)14-11(15)9-17-19(14)6-7-20-3/h9,12-13,16H,4-8,10H2,1-3H3. The highest BCUT2D eigenvalue weighted by molar-refractivity contribution is 6.31. The largest absolute Gasteiger partial charge is 0.383 e. The summed E-state index contributed by atoms with van der Waals surface area (Å²) in [4.78, 5) is 2.39. The number of nitrogens with zero attached hydrogens (tertiary/aromatic N) is 3. The van der Waals surface area contributed by atoms with Gasteiger partial charge in [-0.2, -0.15) is 5.10 Å². The maximum atomic E-state index is 6.35. The lowest BCUT2D eigenvalue weighted by molar-refractivity contribution is -0.0458. The van der Waals surface area contributed by atoms with E-state index in [1.165, 1.54) is 0 Å². The second-order valence-electron chi connectivity index (χ2n) is 5.16. The number of morpholine rings is 1. The molecule has 1 aliphatic rings. The Morgan fingerprint density at radius 2 is 2.43 bits per heavy atom. The Kier molecular flexibility index (Phi) is 6.44. The molecule has 21 heavy (non-hydrogen) atoms. The molecule has 1 fully saturated rings. The number of methoxy groups -OCH3 is 1. The van der Waals surface area contributed by atoms with Crippen LogP contribution in [-0.2, 0) is 16.0 Å².